The van der Waals surface area contributed by atoms with Crippen LogP contribution in [0.3, 0.4) is 0 Å². The smallest absolute Gasteiger partial charge is 0.125 e. The highest BCUT2D eigenvalue weighted by atomic mass is 79.9. The molecule has 0 saturated carbocycles. The van der Waals surface area contributed by atoms with E-state index in [0.29, 0.717) is 12.5 Å². The number of ether oxygens (including phenoxy) is 2. The van der Waals surface area contributed by atoms with Crippen molar-refractivity contribution in [3.8, 4) is 11.5 Å². The van der Waals surface area contributed by atoms with Gasteiger partial charge in [0.15, 0.2) is 0 Å². The fourth-order valence-electron chi connectivity index (χ4n) is 2.28. The van der Waals surface area contributed by atoms with Crippen molar-refractivity contribution in [3.63, 3.8) is 0 Å². The molecule has 2 nitrogen and oxygen atoms in total. The molecule has 0 spiro atoms. The summed E-state index contributed by atoms with van der Waals surface area (Å²) in [6.45, 7) is 6.91. The minimum atomic E-state index is 0.414. The van der Waals surface area contributed by atoms with Crippen LogP contribution in [0.5, 0.6) is 11.5 Å². The van der Waals surface area contributed by atoms with Gasteiger partial charge in [-0.25, -0.2) is 0 Å². The number of benzene rings is 2. The van der Waals surface area contributed by atoms with E-state index < -0.39 is 0 Å². The fraction of sp³-hybridized carbons (Fsp3) is 0.333. The van der Waals surface area contributed by atoms with E-state index in [-0.39, 0.29) is 0 Å². The molecule has 3 heteroatoms. The third kappa shape index (κ3) is 4.01. The minimum Gasteiger partial charge on any atom is -0.496 e. The number of hydrogen-bond acceptors (Lipinski definition) is 2. The third-order valence-electron chi connectivity index (χ3n) is 3.41. The molecule has 2 aromatic rings. The van der Waals surface area contributed by atoms with Gasteiger partial charge in [-0.15, -0.1) is 0 Å². The van der Waals surface area contributed by atoms with Crippen molar-refractivity contribution in [2.45, 2.75) is 33.3 Å². The topological polar surface area (TPSA) is 18.5 Å². The Hall–Kier alpha value is -1.48. The monoisotopic (exact) mass is 348 g/mol. The Balaban J connectivity index is 2.22. The Labute approximate surface area is 135 Å². The van der Waals surface area contributed by atoms with E-state index >= 15 is 0 Å². The minimum absolute atomic E-state index is 0.414. The molecule has 0 atom stereocenters. The van der Waals surface area contributed by atoms with Crippen LogP contribution in [0.2, 0.25) is 0 Å². The quantitative estimate of drug-likeness (QED) is 0.713. The highest BCUT2D eigenvalue weighted by Gasteiger charge is 2.10. The second-order valence-electron chi connectivity index (χ2n) is 5.44. The number of methoxy groups -OCH3 is 1. The van der Waals surface area contributed by atoms with Crippen molar-refractivity contribution in [2.75, 3.05) is 7.11 Å². The maximum atomic E-state index is 6.04. The summed E-state index contributed by atoms with van der Waals surface area (Å²) in [5, 5.41) is 0. The van der Waals surface area contributed by atoms with Crippen LogP contribution < -0.4 is 9.47 Å². The van der Waals surface area contributed by atoms with Gasteiger partial charge in [0.1, 0.15) is 18.1 Å². The number of hydrogen-bond donors (Lipinski definition) is 0. The zero-order valence-corrected chi connectivity index (χ0v) is 14.5. The third-order valence-corrected chi connectivity index (χ3v) is 3.91. The molecule has 0 aliphatic carbocycles. The Morgan fingerprint density at radius 1 is 1.05 bits per heavy atom. The van der Waals surface area contributed by atoms with Crippen molar-refractivity contribution in [2.24, 2.45) is 0 Å². The first-order valence-corrected chi connectivity index (χ1v) is 7.86. The predicted molar refractivity (Wildman–Crippen MR) is 90.3 cm³/mol. The highest BCUT2D eigenvalue weighted by molar-refractivity contribution is 9.10. The van der Waals surface area contributed by atoms with Crippen LogP contribution in [0.1, 0.15) is 36.5 Å². The molecule has 2 aromatic carbocycles. The molecule has 0 heterocycles. The summed E-state index contributed by atoms with van der Waals surface area (Å²) >= 11 is 3.52. The fourth-order valence-corrected chi connectivity index (χ4v) is 2.66. The molecule has 0 saturated heterocycles. The summed E-state index contributed by atoms with van der Waals surface area (Å²) in [6.07, 6.45) is 0. The molecule has 0 unspecified atom stereocenters. The van der Waals surface area contributed by atoms with Crippen LogP contribution >= 0.6 is 15.9 Å². The lowest BCUT2D eigenvalue weighted by molar-refractivity contribution is 0.292. The Morgan fingerprint density at radius 2 is 1.76 bits per heavy atom. The molecule has 0 radical (unpaired) electrons. The lowest BCUT2D eigenvalue weighted by Crippen LogP contribution is -2.02. The summed E-state index contributed by atoms with van der Waals surface area (Å²) in [7, 11) is 1.69. The summed E-state index contributed by atoms with van der Waals surface area (Å²) in [4.78, 5) is 0. The highest BCUT2D eigenvalue weighted by Crippen LogP contribution is 2.31. The Bertz CT molecular complexity index is 621. The first-order chi connectivity index (χ1) is 10.0. The average Bonchev–Trinajstić information content (AvgIpc) is 2.46. The van der Waals surface area contributed by atoms with E-state index in [1.165, 1.54) is 11.1 Å². The zero-order chi connectivity index (χ0) is 15.4. The van der Waals surface area contributed by atoms with Crippen LogP contribution in [0, 0.1) is 6.92 Å². The Morgan fingerprint density at radius 3 is 2.43 bits per heavy atom. The van der Waals surface area contributed by atoms with Gasteiger partial charge in [0.2, 0.25) is 0 Å². The van der Waals surface area contributed by atoms with Crippen LogP contribution in [-0.2, 0) is 6.61 Å². The predicted octanol–water partition coefficient (Wildman–Crippen LogP) is 5.47. The van der Waals surface area contributed by atoms with E-state index in [2.05, 4.69) is 48.8 Å². The molecule has 0 aliphatic rings. The number of aryl methyl sites for hydroxylation is 1. The van der Waals surface area contributed by atoms with Gasteiger partial charge in [0.25, 0.3) is 0 Å². The molecule has 0 aliphatic heterocycles. The van der Waals surface area contributed by atoms with E-state index in [9.17, 15) is 0 Å². The number of halogens is 1. The second-order valence-corrected chi connectivity index (χ2v) is 6.36. The summed E-state index contributed by atoms with van der Waals surface area (Å²) < 4.78 is 12.5. The van der Waals surface area contributed by atoms with Crippen LogP contribution in [0.4, 0.5) is 0 Å². The number of rotatable bonds is 5. The van der Waals surface area contributed by atoms with E-state index in [4.69, 9.17) is 9.47 Å². The van der Waals surface area contributed by atoms with Gasteiger partial charge in [0.05, 0.1) is 7.11 Å². The summed E-state index contributed by atoms with van der Waals surface area (Å²) in [5.74, 6) is 2.21. The first kappa shape index (κ1) is 15.9. The molecular weight excluding hydrogens is 328 g/mol. The molecule has 0 fully saturated rings. The van der Waals surface area contributed by atoms with Crippen molar-refractivity contribution < 1.29 is 9.47 Å². The summed E-state index contributed by atoms with van der Waals surface area (Å²) in [5.41, 5.74) is 3.47. The molecular formula is C18H21BrO2. The van der Waals surface area contributed by atoms with Crippen LogP contribution in [0.25, 0.3) is 0 Å². The van der Waals surface area contributed by atoms with Gasteiger partial charge in [-0.1, -0.05) is 41.4 Å². The first-order valence-electron chi connectivity index (χ1n) is 7.07. The lowest BCUT2D eigenvalue weighted by Gasteiger charge is -2.16. The second kappa shape index (κ2) is 6.99. The molecule has 21 heavy (non-hydrogen) atoms. The molecule has 112 valence electrons. The van der Waals surface area contributed by atoms with Gasteiger partial charge in [-0.05, 0) is 48.7 Å². The van der Waals surface area contributed by atoms with Crippen molar-refractivity contribution in [1.29, 1.82) is 0 Å². The molecule has 0 bridgehead atoms. The van der Waals surface area contributed by atoms with E-state index in [1.54, 1.807) is 7.11 Å². The van der Waals surface area contributed by atoms with Crippen molar-refractivity contribution in [1.82, 2.24) is 0 Å². The SMILES string of the molecule is COc1ccc(C)cc1COc1ccc(Br)cc1C(C)C. The molecule has 0 N–H and O–H groups in total. The molecule has 0 aromatic heterocycles. The lowest BCUT2D eigenvalue weighted by atomic mass is 10.0. The van der Waals surface area contributed by atoms with Crippen LogP contribution in [-0.4, -0.2) is 7.11 Å². The summed E-state index contributed by atoms with van der Waals surface area (Å²) in [6, 6.07) is 12.3. The van der Waals surface area contributed by atoms with Crippen LogP contribution in [0.15, 0.2) is 40.9 Å². The largest absolute Gasteiger partial charge is 0.496 e. The maximum absolute atomic E-state index is 6.04. The standard InChI is InChI=1S/C18H21BrO2/c1-12(2)16-10-15(19)6-8-18(16)21-11-14-9-13(3)5-7-17(14)20-4/h5-10,12H,11H2,1-4H3. The Kier molecular flexibility index (Phi) is 5.29. The normalized spacial score (nSPS) is 10.8. The van der Waals surface area contributed by atoms with Gasteiger partial charge in [-0.2, -0.15) is 0 Å². The van der Waals surface area contributed by atoms with E-state index in [0.717, 1.165) is 21.5 Å². The van der Waals surface area contributed by atoms with Gasteiger partial charge in [-0.3, -0.25) is 0 Å². The van der Waals surface area contributed by atoms with Crippen molar-refractivity contribution in [3.05, 3.63) is 57.6 Å². The van der Waals surface area contributed by atoms with Gasteiger partial charge < -0.3 is 9.47 Å². The molecule has 0 amide bonds. The van der Waals surface area contributed by atoms with Crippen molar-refractivity contribution >= 4 is 15.9 Å². The maximum Gasteiger partial charge on any atom is 0.125 e. The van der Waals surface area contributed by atoms with Gasteiger partial charge >= 0.3 is 0 Å². The average molecular weight is 349 g/mol. The van der Waals surface area contributed by atoms with E-state index in [1.807, 2.05) is 24.3 Å². The van der Waals surface area contributed by atoms with Gasteiger partial charge in [0, 0.05) is 10.0 Å². The zero-order valence-electron chi connectivity index (χ0n) is 12.9. The molecule has 2 rings (SSSR count).